The lowest BCUT2D eigenvalue weighted by molar-refractivity contribution is -0.726. The zero-order valence-corrected chi connectivity index (χ0v) is 17.8. The number of nitrogens with two attached hydrogens (primary N) is 1. The van der Waals surface area contributed by atoms with Gasteiger partial charge in [0.2, 0.25) is 0 Å². The number of rotatable bonds is 13. The summed E-state index contributed by atoms with van der Waals surface area (Å²) < 4.78 is 3.09. The normalized spacial score (nSPS) is 21.1. The van der Waals surface area contributed by atoms with Gasteiger partial charge in [0, 0.05) is 42.0 Å². The van der Waals surface area contributed by atoms with Crippen LogP contribution in [0.4, 0.5) is 0 Å². The summed E-state index contributed by atoms with van der Waals surface area (Å²) >= 11 is 2.19. The van der Waals surface area contributed by atoms with Crippen LogP contribution in [-0.2, 0) is 0 Å². The Bertz CT molecular complexity index is 339. The van der Waals surface area contributed by atoms with Gasteiger partial charge in [0.25, 0.3) is 0 Å². The monoisotopic (exact) mass is 448 g/mol. The molecule has 1 unspecified atom stereocenters. The Labute approximate surface area is 164 Å². The van der Waals surface area contributed by atoms with E-state index in [2.05, 4.69) is 37.8 Å². The predicted molar refractivity (Wildman–Crippen MR) is 112 cm³/mol. The number of aliphatic hydroxyl groups is 1. The number of hydrogen-bond donors (Lipinski definition) is 2. The van der Waals surface area contributed by atoms with Gasteiger partial charge >= 0.3 is 0 Å². The van der Waals surface area contributed by atoms with E-state index in [9.17, 15) is 0 Å². The van der Waals surface area contributed by atoms with Crippen LogP contribution < -0.4 is 5.32 Å². The van der Waals surface area contributed by atoms with E-state index in [1.165, 1.54) is 96.4 Å². The molecule has 1 aliphatic heterocycles. The second-order valence-electron chi connectivity index (χ2n) is 7.62. The average molecular weight is 448 g/mol. The first-order valence-corrected chi connectivity index (χ1v) is 11.4. The Balaban J connectivity index is 2.07. The van der Waals surface area contributed by atoms with Gasteiger partial charge in [-0.2, -0.15) is 0 Å². The maximum atomic E-state index is 8.76. The first kappa shape index (κ1) is 22.3. The zero-order valence-electron chi connectivity index (χ0n) is 15.6. The maximum Gasteiger partial charge on any atom is 0.107 e. The van der Waals surface area contributed by atoms with E-state index in [4.69, 9.17) is 5.11 Å². The first-order chi connectivity index (χ1) is 11.8. The predicted octanol–water partition coefficient (Wildman–Crippen LogP) is 4.93. The molecule has 0 spiro atoms. The minimum Gasteiger partial charge on any atom is -0.396 e. The summed E-state index contributed by atoms with van der Waals surface area (Å²) in [6.07, 6.45) is 21.2. The number of hydrogen-bond acceptors (Lipinski definition) is 1. The molecular weight excluding hydrogens is 409 g/mol. The quantitative estimate of drug-likeness (QED) is 0.234. The van der Waals surface area contributed by atoms with Crippen LogP contribution in [0.2, 0.25) is 0 Å². The molecule has 2 nitrogen and oxygen atoms in total. The summed E-state index contributed by atoms with van der Waals surface area (Å²) in [5, 5.41) is 11.4. The van der Waals surface area contributed by atoms with Gasteiger partial charge in [-0.15, -0.1) is 0 Å². The van der Waals surface area contributed by atoms with Crippen LogP contribution in [0, 0.1) is 9.85 Å². The first-order valence-electron chi connectivity index (χ1n) is 10.4. The summed E-state index contributed by atoms with van der Waals surface area (Å²) in [6.45, 7) is 1.67. The molecule has 3 heteroatoms. The van der Waals surface area contributed by atoms with E-state index >= 15 is 0 Å². The van der Waals surface area contributed by atoms with Crippen LogP contribution >= 0.6 is 22.6 Å². The summed E-state index contributed by atoms with van der Waals surface area (Å²) in [7, 11) is 0. The largest absolute Gasteiger partial charge is 0.396 e. The Kier molecular flexibility index (Phi) is 14.3. The van der Waals surface area contributed by atoms with Crippen molar-refractivity contribution in [1.82, 2.24) is 0 Å². The molecule has 1 saturated heterocycles. The third-order valence-corrected chi connectivity index (χ3v) is 5.93. The molecule has 0 aromatic rings. The fraction of sp³-hybridized carbons (Fsp3) is 0.905. The molecule has 1 rings (SSSR count). The second-order valence-corrected chi connectivity index (χ2v) is 8.16. The van der Waals surface area contributed by atoms with E-state index in [1.807, 2.05) is 0 Å². The van der Waals surface area contributed by atoms with Gasteiger partial charge in [-0.3, -0.25) is 0 Å². The van der Waals surface area contributed by atoms with Crippen LogP contribution in [0.25, 0.3) is 0 Å². The Morgan fingerprint density at radius 1 is 0.833 bits per heavy atom. The van der Waals surface area contributed by atoms with E-state index < -0.39 is 0 Å². The van der Waals surface area contributed by atoms with Gasteiger partial charge in [0.1, 0.15) is 5.54 Å². The van der Waals surface area contributed by atoms with Gasteiger partial charge in [-0.25, -0.2) is 0 Å². The van der Waals surface area contributed by atoms with Gasteiger partial charge in [0.05, 0.1) is 13.0 Å². The summed E-state index contributed by atoms with van der Waals surface area (Å²) in [5.41, 5.74) is 0.432. The molecule has 3 N–H and O–H groups in total. The van der Waals surface area contributed by atoms with Gasteiger partial charge in [-0.1, -0.05) is 57.3 Å². The standard InChI is InChI=1S/C21H38INO/c22-18-14-17-21(16-11-9-12-19-23-21)15-10-7-5-3-1-2-4-6-8-13-20-24/h23-24H,1-13,15-17,19-20H2/p+1. The third-order valence-electron chi connectivity index (χ3n) is 5.55. The van der Waals surface area contributed by atoms with Crippen LogP contribution in [0.15, 0.2) is 0 Å². The van der Waals surface area contributed by atoms with E-state index in [0.717, 1.165) is 12.8 Å². The fourth-order valence-corrected chi connectivity index (χ4v) is 4.19. The van der Waals surface area contributed by atoms with Crippen LogP contribution in [0.3, 0.4) is 0 Å². The van der Waals surface area contributed by atoms with Crippen molar-refractivity contribution in [2.45, 2.75) is 108 Å². The van der Waals surface area contributed by atoms with Crippen LogP contribution in [0.1, 0.15) is 103 Å². The Morgan fingerprint density at radius 2 is 1.46 bits per heavy atom. The molecule has 0 aromatic heterocycles. The average Bonchev–Trinajstić information content (AvgIpc) is 2.84. The van der Waals surface area contributed by atoms with Crippen molar-refractivity contribution in [1.29, 1.82) is 0 Å². The molecule has 0 saturated carbocycles. The van der Waals surface area contributed by atoms with Crippen molar-refractivity contribution < 1.29 is 10.4 Å². The van der Waals surface area contributed by atoms with E-state index in [-0.39, 0.29) is 0 Å². The molecule has 0 radical (unpaired) electrons. The number of unbranched alkanes of at least 4 members (excludes halogenated alkanes) is 9. The highest BCUT2D eigenvalue weighted by molar-refractivity contribution is 14.1. The van der Waals surface area contributed by atoms with Gasteiger partial charge in [-0.05, 0) is 36.0 Å². The van der Waals surface area contributed by atoms with Crippen molar-refractivity contribution in [2.75, 3.05) is 13.2 Å². The molecule has 0 amide bonds. The molecule has 0 aromatic carbocycles. The molecule has 140 valence electrons. The van der Waals surface area contributed by atoms with Gasteiger partial charge < -0.3 is 10.4 Å². The second kappa shape index (κ2) is 15.5. The molecule has 1 heterocycles. The topological polar surface area (TPSA) is 36.8 Å². The molecular formula is C21H39INO+. The van der Waals surface area contributed by atoms with Crippen molar-refractivity contribution >= 4 is 22.6 Å². The van der Waals surface area contributed by atoms with Crippen molar-refractivity contribution in [3.05, 3.63) is 0 Å². The minimum absolute atomic E-state index is 0.363. The summed E-state index contributed by atoms with van der Waals surface area (Å²) in [5.74, 6) is 3.37. The van der Waals surface area contributed by atoms with E-state index in [1.54, 1.807) is 0 Å². The zero-order chi connectivity index (χ0) is 17.3. The van der Waals surface area contributed by atoms with Crippen LogP contribution in [0.5, 0.6) is 0 Å². The van der Waals surface area contributed by atoms with Gasteiger partial charge in [0.15, 0.2) is 0 Å². The number of halogens is 1. The smallest absolute Gasteiger partial charge is 0.107 e. The van der Waals surface area contributed by atoms with Crippen LogP contribution in [-0.4, -0.2) is 23.8 Å². The highest BCUT2D eigenvalue weighted by atomic mass is 127. The van der Waals surface area contributed by atoms with E-state index in [0.29, 0.717) is 12.1 Å². The summed E-state index contributed by atoms with van der Waals surface area (Å²) in [4.78, 5) is 0. The highest BCUT2D eigenvalue weighted by Gasteiger charge is 2.33. The molecule has 1 atom stereocenters. The Morgan fingerprint density at radius 3 is 2.08 bits per heavy atom. The lowest BCUT2D eigenvalue weighted by atomic mass is 9.84. The third kappa shape index (κ3) is 10.9. The number of quaternary nitrogens is 1. The summed E-state index contributed by atoms with van der Waals surface area (Å²) in [6, 6.07) is 0. The number of aliphatic hydroxyl groups excluding tert-OH is 1. The fourth-order valence-electron chi connectivity index (χ4n) is 4.00. The lowest BCUT2D eigenvalue weighted by Crippen LogP contribution is -2.96. The maximum absolute atomic E-state index is 8.76. The molecule has 1 fully saturated rings. The van der Waals surface area contributed by atoms with Crippen molar-refractivity contribution in [2.24, 2.45) is 0 Å². The van der Waals surface area contributed by atoms with Crippen molar-refractivity contribution in [3.8, 4) is 9.85 Å². The Hall–Kier alpha value is 0.210. The molecule has 1 aliphatic rings. The minimum atomic E-state index is 0.363. The molecule has 0 aliphatic carbocycles. The highest BCUT2D eigenvalue weighted by Crippen LogP contribution is 2.24. The molecule has 0 bridgehead atoms. The molecule has 24 heavy (non-hydrogen) atoms. The van der Waals surface area contributed by atoms with Crippen molar-refractivity contribution in [3.63, 3.8) is 0 Å². The SMILES string of the molecule is OCCCCCCCCCCCCC1(CC#CI)CCCCC[NH2+]1. The lowest BCUT2D eigenvalue weighted by Gasteiger charge is -2.28.